The maximum absolute atomic E-state index is 3.64. The van der Waals surface area contributed by atoms with Crippen LogP contribution in [0.5, 0.6) is 0 Å². The normalized spacial score (nSPS) is 36.4. The third-order valence-corrected chi connectivity index (χ3v) is 4.10. The number of hydrogen-bond donors (Lipinski definition) is 1. The molecular weight excluding hydrogens is 196 g/mol. The van der Waals surface area contributed by atoms with Gasteiger partial charge in [-0.1, -0.05) is 6.92 Å². The predicted molar refractivity (Wildman–Crippen MR) is 69.6 cm³/mol. The fraction of sp³-hybridized carbons (Fsp3) is 1.00. The largest absolute Gasteiger partial charge is 0.312 e. The Labute approximate surface area is 101 Å². The van der Waals surface area contributed by atoms with Crippen LogP contribution in [0.25, 0.3) is 0 Å². The smallest absolute Gasteiger partial charge is 0.0100 e. The van der Waals surface area contributed by atoms with Crippen LogP contribution in [-0.4, -0.2) is 36.1 Å². The van der Waals surface area contributed by atoms with Crippen molar-refractivity contribution in [3.05, 3.63) is 0 Å². The summed E-state index contributed by atoms with van der Waals surface area (Å²) >= 11 is 0. The molecule has 2 fully saturated rings. The van der Waals surface area contributed by atoms with E-state index < -0.39 is 0 Å². The second-order valence-corrected chi connectivity index (χ2v) is 7.01. The molecule has 2 rings (SSSR count). The summed E-state index contributed by atoms with van der Waals surface area (Å²) in [4.78, 5) is 2.73. The molecule has 0 aromatic carbocycles. The quantitative estimate of drug-likeness (QED) is 0.792. The molecule has 1 saturated heterocycles. The average Bonchev–Trinajstić information content (AvgIpc) is 2.56. The molecule has 0 amide bonds. The molecule has 1 saturated carbocycles. The van der Waals surface area contributed by atoms with Gasteiger partial charge in [0, 0.05) is 18.1 Å². The van der Waals surface area contributed by atoms with E-state index in [2.05, 4.69) is 37.9 Å². The van der Waals surface area contributed by atoms with E-state index in [0.717, 1.165) is 17.9 Å². The maximum Gasteiger partial charge on any atom is 0.0100 e. The van der Waals surface area contributed by atoms with Crippen LogP contribution in [0.15, 0.2) is 0 Å². The first-order chi connectivity index (χ1) is 7.44. The minimum Gasteiger partial charge on any atom is -0.312 e. The third kappa shape index (κ3) is 3.21. The van der Waals surface area contributed by atoms with Crippen molar-refractivity contribution in [1.82, 2.24) is 10.2 Å². The van der Waals surface area contributed by atoms with Crippen LogP contribution in [0.1, 0.15) is 47.0 Å². The second-order valence-electron chi connectivity index (χ2n) is 7.01. The molecule has 1 atom stereocenters. The molecule has 2 heteroatoms. The zero-order chi connectivity index (χ0) is 11.8. The van der Waals surface area contributed by atoms with Crippen molar-refractivity contribution in [2.24, 2.45) is 11.8 Å². The predicted octanol–water partition coefficient (Wildman–Crippen LogP) is 2.49. The molecule has 1 aliphatic carbocycles. The maximum atomic E-state index is 3.64. The minimum absolute atomic E-state index is 0.276. The Bertz CT molecular complexity index is 225. The molecule has 2 nitrogen and oxygen atoms in total. The van der Waals surface area contributed by atoms with Gasteiger partial charge in [-0.3, -0.25) is 0 Å². The highest BCUT2D eigenvalue weighted by atomic mass is 15.2. The monoisotopic (exact) mass is 224 g/mol. The van der Waals surface area contributed by atoms with Gasteiger partial charge in [-0.25, -0.2) is 0 Å². The molecule has 1 unspecified atom stereocenters. The van der Waals surface area contributed by atoms with E-state index in [1.807, 2.05) is 0 Å². The van der Waals surface area contributed by atoms with Crippen molar-refractivity contribution in [1.29, 1.82) is 0 Å². The lowest BCUT2D eigenvalue weighted by Gasteiger charge is -2.39. The van der Waals surface area contributed by atoms with E-state index >= 15 is 0 Å². The van der Waals surface area contributed by atoms with Crippen LogP contribution in [0.2, 0.25) is 0 Å². The van der Waals surface area contributed by atoms with Crippen LogP contribution in [0.4, 0.5) is 0 Å². The molecule has 94 valence electrons. The minimum atomic E-state index is 0.276. The molecule has 0 aromatic heterocycles. The van der Waals surface area contributed by atoms with Gasteiger partial charge in [0.05, 0.1) is 0 Å². The first-order valence-electron chi connectivity index (χ1n) is 6.93. The Morgan fingerprint density at radius 1 is 1.25 bits per heavy atom. The Hall–Kier alpha value is -0.0800. The van der Waals surface area contributed by atoms with E-state index in [9.17, 15) is 0 Å². The summed E-state index contributed by atoms with van der Waals surface area (Å²) in [5, 5.41) is 3.64. The van der Waals surface area contributed by atoms with Crippen molar-refractivity contribution in [3.63, 3.8) is 0 Å². The van der Waals surface area contributed by atoms with Crippen molar-refractivity contribution in [2.45, 2.75) is 58.5 Å². The van der Waals surface area contributed by atoms with Gasteiger partial charge in [-0.2, -0.15) is 0 Å². The van der Waals surface area contributed by atoms with Crippen molar-refractivity contribution in [3.8, 4) is 0 Å². The van der Waals surface area contributed by atoms with Gasteiger partial charge in [0.1, 0.15) is 0 Å². The summed E-state index contributed by atoms with van der Waals surface area (Å²) in [5.41, 5.74) is 0.276. The van der Waals surface area contributed by atoms with Crippen molar-refractivity contribution in [2.75, 3.05) is 19.6 Å². The molecule has 0 spiro atoms. The zero-order valence-corrected chi connectivity index (χ0v) is 11.4. The number of likely N-dealkylation sites (tertiary alicyclic amines) is 1. The van der Waals surface area contributed by atoms with Crippen molar-refractivity contribution >= 4 is 0 Å². The molecule has 0 aromatic rings. The summed E-state index contributed by atoms with van der Waals surface area (Å²) in [7, 11) is 0. The molecule has 1 heterocycles. The Kier molecular flexibility index (Phi) is 3.60. The third-order valence-electron chi connectivity index (χ3n) is 4.10. The number of hydrogen-bond acceptors (Lipinski definition) is 2. The SMILES string of the molecule is CC1CC(N2CCC(CNC(C)(C)C)C2)C1. The summed E-state index contributed by atoms with van der Waals surface area (Å²) in [6.45, 7) is 13.0. The highest BCUT2D eigenvalue weighted by Gasteiger charge is 2.34. The van der Waals surface area contributed by atoms with Gasteiger partial charge in [-0.15, -0.1) is 0 Å². The zero-order valence-electron chi connectivity index (χ0n) is 11.4. The highest BCUT2D eigenvalue weighted by Crippen LogP contribution is 2.34. The number of nitrogens with zero attached hydrogens (tertiary/aromatic N) is 1. The molecule has 16 heavy (non-hydrogen) atoms. The van der Waals surface area contributed by atoms with Crippen LogP contribution in [0, 0.1) is 11.8 Å². The first kappa shape index (κ1) is 12.4. The lowest BCUT2D eigenvalue weighted by atomic mass is 9.81. The topological polar surface area (TPSA) is 15.3 Å². The van der Waals surface area contributed by atoms with Crippen molar-refractivity contribution < 1.29 is 0 Å². The summed E-state index contributed by atoms with van der Waals surface area (Å²) in [5.74, 6) is 1.87. The molecular formula is C14H28N2. The fourth-order valence-electron chi connectivity index (χ4n) is 2.97. The first-order valence-corrected chi connectivity index (χ1v) is 6.93. The molecule has 0 radical (unpaired) electrons. The number of nitrogens with one attached hydrogen (secondary N) is 1. The van der Waals surface area contributed by atoms with Gasteiger partial charge >= 0.3 is 0 Å². The van der Waals surface area contributed by atoms with Gasteiger partial charge in [0.2, 0.25) is 0 Å². The highest BCUT2D eigenvalue weighted by molar-refractivity contribution is 4.90. The van der Waals surface area contributed by atoms with Gasteiger partial charge in [0.25, 0.3) is 0 Å². The summed E-state index contributed by atoms with van der Waals surface area (Å²) < 4.78 is 0. The average molecular weight is 224 g/mol. The van der Waals surface area contributed by atoms with Gasteiger partial charge < -0.3 is 10.2 Å². The molecule has 1 N–H and O–H groups in total. The van der Waals surface area contributed by atoms with Gasteiger partial charge in [-0.05, 0) is 65.0 Å². The Morgan fingerprint density at radius 3 is 2.50 bits per heavy atom. The lowest BCUT2D eigenvalue weighted by molar-refractivity contribution is 0.105. The van der Waals surface area contributed by atoms with Crippen LogP contribution < -0.4 is 5.32 Å². The van der Waals surface area contributed by atoms with E-state index in [-0.39, 0.29) is 5.54 Å². The molecule has 0 bridgehead atoms. The van der Waals surface area contributed by atoms with E-state index in [1.54, 1.807) is 0 Å². The van der Waals surface area contributed by atoms with Crippen LogP contribution >= 0.6 is 0 Å². The standard InChI is InChI=1S/C14H28N2/c1-11-7-13(8-11)16-6-5-12(10-16)9-15-14(2,3)4/h11-13,15H,5-10H2,1-4H3. The molecule has 2 aliphatic rings. The number of rotatable bonds is 3. The van der Waals surface area contributed by atoms with E-state index in [4.69, 9.17) is 0 Å². The van der Waals surface area contributed by atoms with Crippen LogP contribution in [0.3, 0.4) is 0 Å². The van der Waals surface area contributed by atoms with E-state index in [0.29, 0.717) is 0 Å². The summed E-state index contributed by atoms with van der Waals surface area (Å²) in [6, 6.07) is 0.926. The Morgan fingerprint density at radius 2 is 1.94 bits per heavy atom. The molecule has 1 aliphatic heterocycles. The van der Waals surface area contributed by atoms with Gasteiger partial charge in [0.15, 0.2) is 0 Å². The lowest BCUT2D eigenvalue weighted by Crippen LogP contribution is -2.44. The Balaban J connectivity index is 1.68. The second kappa shape index (κ2) is 4.66. The van der Waals surface area contributed by atoms with Crippen LogP contribution in [-0.2, 0) is 0 Å². The van der Waals surface area contributed by atoms with E-state index in [1.165, 1.54) is 38.9 Å². The summed E-state index contributed by atoms with van der Waals surface area (Å²) in [6.07, 6.45) is 4.28. The fourth-order valence-corrected chi connectivity index (χ4v) is 2.97.